The maximum Gasteiger partial charge on any atom is 0.233 e. The van der Waals surface area contributed by atoms with Crippen LogP contribution in [0.15, 0.2) is 40.9 Å². The zero-order valence-corrected chi connectivity index (χ0v) is 14.1. The largest absolute Gasteiger partial charge is 0.283 e. The van der Waals surface area contributed by atoms with Crippen LogP contribution in [0, 0.1) is 5.92 Å². The summed E-state index contributed by atoms with van der Waals surface area (Å²) in [5, 5.41) is 1.84. The van der Waals surface area contributed by atoms with E-state index < -0.39 is 10.0 Å². The van der Waals surface area contributed by atoms with Crippen molar-refractivity contribution in [1.82, 2.24) is 0 Å². The summed E-state index contributed by atoms with van der Waals surface area (Å²) in [6, 6.07) is 11.2. The molecule has 0 saturated carbocycles. The summed E-state index contributed by atoms with van der Waals surface area (Å²) in [5.74, 6) is 0.249. The van der Waals surface area contributed by atoms with E-state index in [0.717, 1.165) is 15.2 Å². The van der Waals surface area contributed by atoms with Crippen LogP contribution in [0.25, 0.3) is 10.8 Å². The molecule has 0 aliphatic carbocycles. The van der Waals surface area contributed by atoms with Crippen LogP contribution >= 0.6 is 27.5 Å². The highest BCUT2D eigenvalue weighted by molar-refractivity contribution is 9.10. The average Bonchev–Trinajstić information content (AvgIpc) is 2.41. The summed E-state index contributed by atoms with van der Waals surface area (Å²) < 4.78 is 27.8. The van der Waals surface area contributed by atoms with Gasteiger partial charge in [0.15, 0.2) is 0 Å². The molecular formula is C14H15BrClNO2S. The van der Waals surface area contributed by atoms with Crippen LogP contribution in [0.5, 0.6) is 0 Å². The number of rotatable bonds is 5. The highest BCUT2D eigenvalue weighted by Crippen LogP contribution is 2.30. The number of halogens is 2. The summed E-state index contributed by atoms with van der Waals surface area (Å²) in [5.41, 5.74) is 0.588. The minimum atomic E-state index is -3.40. The van der Waals surface area contributed by atoms with Gasteiger partial charge in [-0.1, -0.05) is 47.1 Å². The molecule has 2 aromatic rings. The predicted molar refractivity (Wildman–Crippen MR) is 88.9 cm³/mol. The highest BCUT2D eigenvalue weighted by Gasteiger charge is 2.16. The molecule has 1 atom stereocenters. The Balaban J connectivity index is 2.38. The number of benzene rings is 2. The van der Waals surface area contributed by atoms with Gasteiger partial charge in [0, 0.05) is 15.7 Å². The van der Waals surface area contributed by atoms with Gasteiger partial charge in [-0.3, -0.25) is 4.72 Å². The molecule has 0 bridgehead atoms. The molecule has 108 valence electrons. The van der Waals surface area contributed by atoms with Crippen molar-refractivity contribution in [2.75, 3.05) is 16.4 Å². The number of hydrogen-bond acceptors (Lipinski definition) is 2. The molecule has 0 aliphatic rings. The fourth-order valence-electron chi connectivity index (χ4n) is 1.98. The van der Waals surface area contributed by atoms with Crippen molar-refractivity contribution in [3.8, 4) is 0 Å². The number of hydrogen-bond donors (Lipinski definition) is 1. The second-order valence-electron chi connectivity index (χ2n) is 4.78. The van der Waals surface area contributed by atoms with E-state index in [2.05, 4.69) is 20.7 Å². The van der Waals surface area contributed by atoms with Crippen molar-refractivity contribution in [3.05, 3.63) is 40.9 Å². The molecule has 0 heterocycles. The smallest absolute Gasteiger partial charge is 0.233 e. The third kappa shape index (κ3) is 3.65. The first-order valence-corrected chi connectivity index (χ1v) is 9.14. The number of anilines is 1. The molecule has 2 aromatic carbocycles. The lowest BCUT2D eigenvalue weighted by atomic mass is 10.1. The van der Waals surface area contributed by atoms with Crippen LogP contribution in [0.2, 0.25) is 0 Å². The molecule has 0 fully saturated rings. The SMILES string of the molecule is CC(CCl)CS(=O)(=O)Nc1ccc(Br)c2ccccc12. The van der Waals surface area contributed by atoms with E-state index in [9.17, 15) is 8.42 Å². The first-order chi connectivity index (χ1) is 9.43. The fraction of sp³-hybridized carbons (Fsp3) is 0.286. The Morgan fingerprint density at radius 1 is 1.20 bits per heavy atom. The van der Waals surface area contributed by atoms with Crippen LogP contribution in [0.1, 0.15) is 6.92 Å². The number of sulfonamides is 1. The molecule has 0 aliphatic heterocycles. The van der Waals surface area contributed by atoms with Gasteiger partial charge in [0.2, 0.25) is 10.0 Å². The minimum absolute atomic E-state index is 0.0148. The lowest BCUT2D eigenvalue weighted by molar-refractivity contribution is 0.588. The lowest BCUT2D eigenvalue weighted by Gasteiger charge is -2.13. The predicted octanol–water partition coefficient (Wildman–Crippen LogP) is 4.22. The fourth-order valence-corrected chi connectivity index (χ4v) is 4.16. The second-order valence-corrected chi connectivity index (χ2v) is 7.71. The highest BCUT2D eigenvalue weighted by atomic mass is 79.9. The zero-order valence-electron chi connectivity index (χ0n) is 10.9. The third-order valence-electron chi connectivity index (χ3n) is 2.90. The van der Waals surface area contributed by atoms with Crippen LogP contribution < -0.4 is 4.72 Å². The standard InChI is InChI=1S/C14H15BrClNO2S/c1-10(8-16)9-20(18,19)17-14-7-6-13(15)11-4-2-3-5-12(11)14/h2-7,10,17H,8-9H2,1H3. The average molecular weight is 377 g/mol. The van der Waals surface area contributed by atoms with E-state index in [0.29, 0.717) is 11.6 Å². The number of alkyl halides is 1. The maximum absolute atomic E-state index is 12.1. The number of nitrogens with one attached hydrogen (secondary N) is 1. The van der Waals surface area contributed by atoms with E-state index in [4.69, 9.17) is 11.6 Å². The first-order valence-electron chi connectivity index (χ1n) is 6.16. The maximum atomic E-state index is 12.1. The summed E-state index contributed by atoms with van der Waals surface area (Å²) >= 11 is 9.15. The molecule has 1 N–H and O–H groups in total. The van der Waals surface area contributed by atoms with Crippen LogP contribution in [-0.4, -0.2) is 20.1 Å². The van der Waals surface area contributed by atoms with Crippen molar-refractivity contribution < 1.29 is 8.42 Å². The van der Waals surface area contributed by atoms with Gasteiger partial charge in [-0.15, -0.1) is 11.6 Å². The molecule has 0 radical (unpaired) electrons. The molecule has 0 aromatic heterocycles. The monoisotopic (exact) mass is 375 g/mol. The van der Waals surface area contributed by atoms with E-state index in [1.54, 1.807) is 6.07 Å². The molecule has 3 nitrogen and oxygen atoms in total. The van der Waals surface area contributed by atoms with E-state index in [-0.39, 0.29) is 11.7 Å². The van der Waals surface area contributed by atoms with Crippen molar-refractivity contribution >= 4 is 54.0 Å². The van der Waals surface area contributed by atoms with Gasteiger partial charge in [-0.2, -0.15) is 0 Å². The lowest BCUT2D eigenvalue weighted by Crippen LogP contribution is -2.22. The summed E-state index contributed by atoms with van der Waals surface area (Å²) in [4.78, 5) is 0. The number of fused-ring (bicyclic) bond motifs is 1. The second kappa shape index (κ2) is 6.33. The van der Waals surface area contributed by atoms with Gasteiger partial charge in [-0.25, -0.2) is 8.42 Å². The summed E-state index contributed by atoms with van der Waals surface area (Å²) in [6.45, 7) is 1.81. The molecule has 1 unspecified atom stereocenters. The molecule has 6 heteroatoms. The van der Waals surface area contributed by atoms with E-state index >= 15 is 0 Å². The van der Waals surface area contributed by atoms with Crippen molar-refractivity contribution in [2.24, 2.45) is 5.92 Å². The van der Waals surface area contributed by atoms with Gasteiger partial charge < -0.3 is 0 Å². The van der Waals surface area contributed by atoms with E-state index in [1.807, 2.05) is 37.3 Å². The van der Waals surface area contributed by atoms with Crippen LogP contribution in [0.3, 0.4) is 0 Å². The topological polar surface area (TPSA) is 46.2 Å². The normalized spacial score (nSPS) is 13.3. The zero-order chi connectivity index (χ0) is 14.8. The Bertz CT molecular complexity index is 718. The van der Waals surface area contributed by atoms with Crippen LogP contribution in [-0.2, 0) is 10.0 Å². The Morgan fingerprint density at radius 3 is 2.50 bits per heavy atom. The van der Waals surface area contributed by atoms with Crippen molar-refractivity contribution in [1.29, 1.82) is 0 Å². The Hall–Kier alpha value is -0.780. The Labute approximate surface area is 132 Å². The summed E-state index contributed by atoms with van der Waals surface area (Å²) in [7, 11) is -3.40. The molecular weight excluding hydrogens is 362 g/mol. The van der Waals surface area contributed by atoms with Crippen molar-refractivity contribution in [3.63, 3.8) is 0 Å². The minimum Gasteiger partial charge on any atom is -0.283 e. The molecule has 0 amide bonds. The van der Waals surface area contributed by atoms with Crippen molar-refractivity contribution in [2.45, 2.75) is 6.92 Å². The molecule has 20 heavy (non-hydrogen) atoms. The van der Waals surface area contributed by atoms with E-state index in [1.165, 1.54) is 0 Å². The quantitative estimate of drug-likeness (QED) is 0.794. The van der Waals surface area contributed by atoms with Gasteiger partial charge in [-0.05, 0) is 23.4 Å². The molecule has 2 rings (SSSR count). The van der Waals surface area contributed by atoms with Gasteiger partial charge in [0.05, 0.1) is 11.4 Å². The summed E-state index contributed by atoms with van der Waals surface area (Å²) in [6.07, 6.45) is 0. The Morgan fingerprint density at radius 2 is 1.85 bits per heavy atom. The Kier molecular flexibility index (Phi) is 4.94. The molecule has 0 saturated heterocycles. The van der Waals surface area contributed by atoms with Gasteiger partial charge in [0.25, 0.3) is 0 Å². The van der Waals surface area contributed by atoms with Gasteiger partial charge in [0.1, 0.15) is 0 Å². The first kappa shape index (κ1) is 15.6. The van der Waals surface area contributed by atoms with Gasteiger partial charge >= 0.3 is 0 Å². The third-order valence-corrected chi connectivity index (χ3v) is 5.66. The molecule has 0 spiro atoms. The van der Waals surface area contributed by atoms with Crippen LogP contribution in [0.4, 0.5) is 5.69 Å².